The van der Waals surface area contributed by atoms with Gasteiger partial charge in [-0.2, -0.15) is 0 Å². The van der Waals surface area contributed by atoms with E-state index in [1.807, 2.05) is 0 Å². The summed E-state index contributed by atoms with van der Waals surface area (Å²) in [6.45, 7) is 1.70. The summed E-state index contributed by atoms with van der Waals surface area (Å²) in [5, 5.41) is 2.93. The number of para-hydroxylation sites is 1. The Balaban J connectivity index is 1.88. The molecule has 1 aromatic rings. The van der Waals surface area contributed by atoms with Gasteiger partial charge in [0.15, 0.2) is 6.29 Å². The predicted molar refractivity (Wildman–Crippen MR) is 50.6 cm³/mol. The number of halogens is 1. The van der Waals surface area contributed by atoms with Crippen LogP contribution in [0.5, 0.6) is 0 Å². The average Bonchev–Trinajstić information content (AvgIpc) is 2.69. The molecule has 3 nitrogen and oxygen atoms in total. The van der Waals surface area contributed by atoms with Crippen molar-refractivity contribution in [3.63, 3.8) is 0 Å². The second kappa shape index (κ2) is 4.39. The maximum absolute atomic E-state index is 13.1. The summed E-state index contributed by atoms with van der Waals surface area (Å²) in [5.74, 6) is -0.259. The quantitative estimate of drug-likeness (QED) is 0.798. The molecule has 76 valence electrons. The van der Waals surface area contributed by atoms with Gasteiger partial charge in [-0.1, -0.05) is 12.1 Å². The van der Waals surface area contributed by atoms with E-state index in [0.29, 0.717) is 25.4 Å². The van der Waals surface area contributed by atoms with Crippen LogP contribution in [-0.4, -0.2) is 26.0 Å². The minimum atomic E-state index is -0.259. The fraction of sp³-hybridized carbons (Fsp3) is 0.400. The Morgan fingerprint density at radius 2 is 2.00 bits per heavy atom. The van der Waals surface area contributed by atoms with Crippen LogP contribution in [0.3, 0.4) is 0 Å². The van der Waals surface area contributed by atoms with Crippen molar-refractivity contribution in [2.75, 3.05) is 25.1 Å². The summed E-state index contributed by atoms with van der Waals surface area (Å²) in [6.07, 6.45) is -0.255. The van der Waals surface area contributed by atoms with E-state index in [1.165, 1.54) is 6.07 Å². The molecular weight excluding hydrogens is 185 g/mol. The topological polar surface area (TPSA) is 30.5 Å². The molecule has 14 heavy (non-hydrogen) atoms. The molecule has 1 aliphatic heterocycles. The lowest BCUT2D eigenvalue weighted by atomic mass is 10.3. The van der Waals surface area contributed by atoms with Crippen molar-refractivity contribution in [2.45, 2.75) is 6.29 Å². The Morgan fingerprint density at radius 3 is 2.71 bits per heavy atom. The molecule has 1 aliphatic rings. The summed E-state index contributed by atoms with van der Waals surface area (Å²) in [7, 11) is 0. The summed E-state index contributed by atoms with van der Waals surface area (Å²) in [6, 6.07) is 6.54. The molecule has 1 heterocycles. The van der Waals surface area contributed by atoms with Crippen LogP contribution in [0.1, 0.15) is 0 Å². The molecule has 4 heteroatoms. The largest absolute Gasteiger partial charge is 0.378 e. The van der Waals surface area contributed by atoms with Gasteiger partial charge in [0.05, 0.1) is 25.4 Å². The Labute approximate surface area is 81.8 Å². The SMILES string of the molecule is Fc1ccccc1NCC1OCCO1. The standard InChI is InChI=1S/C10H12FNO2/c11-8-3-1-2-4-9(8)12-7-10-13-5-6-14-10/h1-4,10,12H,5-7H2. The van der Waals surface area contributed by atoms with E-state index in [-0.39, 0.29) is 12.1 Å². The maximum atomic E-state index is 13.1. The molecular formula is C10H12FNO2. The van der Waals surface area contributed by atoms with Crippen LogP contribution in [0.15, 0.2) is 24.3 Å². The maximum Gasteiger partial charge on any atom is 0.174 e. The van der Waals surface area contributed by atoms with E-state index in [9.17, 15) is 4.39 Å². The van der Waals surface area contributed by atoms with Crippen LogP contribution in [0, 0.1) is 5.82 Å². The van der Waals surface area contributed by atoms with Crippen LogP contribution < -0.4 is 5.32 Å². The van der Waals surface area contributed by atoms with Gasteiger partial charge in [-0.05, 0) is 12.1 Å². The van der Waals surface area contributed by atoms with Crippen LogP contribution in [0.25, 0.3) is 0 Å². The first kappa shape index (κ1) is 9.43. The lowest BCUT2D eigenvalue weighted by Crippen LogP contribution is -2.20. The number of hydrogen-bond acceptors (Lipinski definition) is 3. The molecule has 1 fully saturated rings. The fourth-order valence-electron chi connectivity index (χ4n) is 1.32. The summed E-state index contributed by atoms with van der Waals surface area (Å²) < 4.78 is 23.5. The first-order valence-corrected chi connectivity index (χ1v) is 4.58. The Morgan fingerprint density at radius 1 is 1.29 bits per heavy atom. The van der Waals surface area contributed by atoms with Crippen molar-refractivity contribution in [2.24, 2.45) is 0 Å². The molecule has 0 aliphatic carbocycles. The van der Waals surface area contributed by atoms with Crippen molar-refractivity contribution >= 4 is 5.69 Å². The van der Waals surface area contributed by atoms with Gasteiger partial charge in [0, 0.05) is 0 Å². The molecule has 0 unspecified atom stereocenters. The molecule has 2 rings (SSSR count). The van der Waals surface area contributed by atoms with E-state index in [1.54, 1.807) is 18.2 Å². The minimum absolute atomic E-state index is 0.255. The van der Waals surface area contributed by atoms with Crippen LogP contribution in [0.2, 0.25) is 0 Å². The first-order chi connectivity index (χ1) is 6.86. The molecule has 0 amide bonds. The van der Waals surface area contributed by atoms with E-state index in [4.69, 9.17) is 9.47 Å². The number of benzene rings is 1. The van der Waals surface area contributed by atoms with Gasteiger partial charge in [-0.15, -0.1) is 0 Å². The van der Waals surface area contributed by atoms with Gasteiger partial charge in [0.1, 0.15) is 5.82 Å². The second-order valence-electron chi connectivity index (χ2n) is 3.03. The smallest absolute Gasteiger partial charge is 0.174 e. The van der Waals surface area contributed by atoms with E-state index < -0.39 is 0 Å². The highest BCUT2D eigenvalue weighted by atomic mass is 19.1. The second-order valence-corrected chi connectivity index (χ2v) is 3.03. The lowest BCUT2D eigenvalue weighted by molar-refractivity contribution is -0.0299. The zero-order chi connectivity index (χ0) is 9.80. The van der Waals surface area contributed by atoms with Gasteiger partial charge in [-0.3, -0.25) is 0 Å². The molecule has 1 N–H and O–H groups in total. The van der Waals surface area contributed by atoms with Crippen LogP contribution >= 0.6 is 0 Å². The lowest BCUT2D eigenvalue weighted by Gasteiger charge is -2.11. The van der Waals surface area contributed by atoms with Crippen molar-refractivity contribution in [1.82, 2.24) is 0 Å². The highest BCUT2D eigenvalue weighted by Gasteiger charge is 2.15. The summed E-state index contributed by atoms with van der Waals surface area (Å²) in [4.78, 5) is 0. The predicted octanol–water partition coefficient (Wildman–Crippen LogP) is 1.61. The van der Waals surface area contributed by atoms with Crippen LogP contribution in [0.4, 0.5) is 10.1 Å². The number of rotatable bonds is 3. The van der Waals surface area contributed by atoms with Gasteiger partial charge >= 0.3 is 0 Å². The number of hydrogen-bond donors (Lipinski definition) is 1. The van der Waals surface area contributed by atoms with E-state index in [2.05, 4.69) is 5.32 Å². The third-order valence-corrected chi connectivity index (χ3v) is 2.02. The van der Waals surface area contributed by atoms with Crippen molar-refractivity contribution in [3.8, 4) is 0 Å². The Hall–Kier alpha value is -1.13. The van der Waals surface area contributed by atoms with E-state index in [0.717, 1.165) is 0 Å². The third kappa shape index (κ3) is 2.21. The molecule has 1 saturated heterocycles. The first-order valence-electron chi connectivity index (χ1n) is 4.58. The molecule has 0 saturated carbocycles. The summed E-state index contributed by atoms with van der Waals surface area (Å²) >= 11 is 0. The molecule has 0 aromatic heterocycles. The third-order valence-electron chi connectivity index (χ3n) is 2.02. The van der Waals surface area contributed by atoms with Crippen molar-refractivity contribution in [3.05, 3.63) is 30.1 Å². The molecule has 0 radical (unpaired) electrons. The zero-order valence-electron chi connectivity index (χ0n) is 7.70. The van der Waals surface area contributed by atoms with Crippen molar-refractivity contribution in [1.29, 1.82) is 0 Å². The average molecular weight is 197 g/mol. The molecule has 0 spiro atoms. The summed E-state index contributed by atoms with van der Waals surface area (Å²) in [5.41, 5.74) is 0.478. The Bertz CT molecular complexity index is 300. The normalized spacial score (nSPS) is 17.2. The Kier molecular flexibility index (Phi) is 2.96. The number of anilines is 1. The molecule has 0 atom stereocenters. The highest BCUT2D eigenvalue weighted by molar-refractivity contribution is 5.44. The number of nitrogens with one attached hydrogen (secondary N) is 1. The van der Waals surface area contributed by atoms with Crippen LogP contribution in [-0.2, 0) is 9.47 Å². The van der Waals surface area contributed by atoms with Gasteiger partial charge in [-0.25, -0.2) is 4.39 Å². The van der Waals surface area contributed by atoms with Crippen molar-refractivity contribution < 1.29 is 13.9 Å². The van der Waals surface area contributed by atoms with Gasteiger partial charge < -0.3 is 14.8 Å². The minimum Gasteiger partial charge on any atom is -0.378 e. The van der Waals surface area contributed by atoms with E-state index >= 15 is 0 Å². The zero-order valence-corrected chi connectivity index (χ0v) is 7.70. The highest BCUT2D eigenvalue weighted by Crippen LogP contribution is 2.13. The molecule has 0 bridgehead atoms. The molecule has 1 aromatic carbocycles. The number of ether oxygens (including phenoxy) is 2. The van der Waals surface area contributed by atoms with Gasteiger partial charge in [0.25, 0.3) is 0 Å². The van der Waals surface area contributed by atoms with Gasteiger partial charge in [0.2, 0.25) is 0 Å². The monoisotopic (exact) mass is 197 g/mol. The fourth-order valence-corrected chi connectivity index (χ4v) is 1.32.